The Balaban J connectivity index is 1.43. The molecule has 158 valence electrons. The van der Waals surface area contributed by atoms with E-state index in [1.54, 1.807) is 30.1 Å². The number of hydrogen-bond donors (Lipinski definition) is 1. The molecule has 7 nitrogen and oxygen atoms in total. The summed E-state index contributed by atoms with van der Waals surface area (Å²) in [7, 11) is 1.45. The predicted octanol–water partition coefficient (Wildman–Crippen LogP) is 4.72. The molecule has 4 aromatic rings. The average molecular weight is 456 g/mol. The first kappa shape index (κ1) is 21.0. The number of thioether (sulfide) groups is 1. The van der Waals surface area contributed by atoms with Crippen molar-refractivity contribution in [1.82, 2.24) is 20.0 Å². The Morgan fingerprint density at radius 2 is 1.90 bits per heavy atom. The molecule has 4 rings (SSSR count). The number of ether oxygens (including phenoxy) is 1. The number of hydrogen-bond acceptors (Lipinski definition) is 7. The second-order valence-corrected chi connectivity index (χ2v) is 8.77. The standard InChI is InChI=1S/C21H18FN5O2S2/c1-13-3-5-14(6-4-13)12-30-21-25-24-20(31-21)23-19(28)18-17(29-2)11-27(26-18)16-9-7-15(22)8-10-16/h3-11H,12H2,1-2H3,(H,23,24,28). The van der Waals surface area contributed by atoms with Gasteiger partial charge < -0.3 is 4.74 Å². The van der Waals surface area contributed by atoms with E-state index in [-0.39, 0.29) is 11.5 Å². The van der Waals surface area contributed by atoms with Gasteiger partial charge in [-0.3, -0.25) is 10.1 Å². The fourth-order valence-electron chi connectivity index (χ4n) is 2.70. The molecule has 1 amide bonds. The minimum Gasteiger partial charge on any atom is -0.493 e. The molecule has 2 aromatic carbocycles. The Kier molecular flexibility index (Phi) is 6.28. The Morgan fingerprint density at radius 1 is 1.16 bits per heavy atom. The minimum atomic E-state index is -0.469. The third-order valence-corrected chi connectivity index (χ3v) is 6.36. The number of amides is 1. The van der Waals surface area contributed by atoms with Crippen LogP contribution in [0.15, 0.2) is 59.1 Å². The van der Waals surface area contributed by atoms with E-state index < -0.39 is 5.91 Å². The van der Waals surface area contributed by atoms with Crippen LogP contribution in [0.2, 0.25) is 0 Å². The summed E-state index contributed by atoms with van der Waals surface area (Å²) in [5.41, 5.74) is 3.10. The molecule has 0 saturated carbocycles. The lowest BCUT2D eigenvalue weighted by Gasteiger charge is -2.01. The predicted molar refractivity (Wildman–Crippen MR) is 119 cm³/mol. The molecule has 0 unspecified atom stereocenters. The van der Waals surface area contributed by atoms with E-state index in [2.05, 4.69) is 44.9 Å². The summed E-state index contributed by atoms with van der Waals surface area (Å²) in [5.74, 6) is 0.232. The van der Waals surface area contributed by atoms with Crippen molar-refractivity contribution in [2.45, 2.75) is 17.0 Å². The molecule has 2 heterocycles. The Morgan fingerprint density at radius 3 is 2.61 bits per heavy atom. The summed E-state index contributed by atoms with van der Waals surface area (Å²) in [6, 6.07) is 14.1. The van der Waals surface area contributed by atoms with Crippen LogP contribution in [0.3, 0.4) is 0 Å². The second kappa shape index (κ2) is 9.27. The van der Waals surface area contributed by atoms with Gasteiger partial charge in [0.1, 0.15) is 5.82 Å². The fraction of sp³-hybridized carbons (Fsp3) is 0.143. The molecule has 1 N–H and O–H groups in total. The molecule has 0 saturated heterocycles. The average Bonchev–Trinajstić information content (AvgIpc) is 3.41. The molecule has 31 heavy (non-hydrogen) atoms. The molecule has 0 aliphatic heterocycles. The maximum absolute atomic E-state index is 13.2. The topological polar surface area (TPSA) is 81.9 Å². The van der Waals surface area contributed by atoms with Crippen LogP contribution in [0.4, 0.5) is 9.52 Å². The molecular formula is C21H18FN5O2S2. The highest BCUT2D eigenvalue weighted by Crippen LogP contribution is 2.29. The van der Waals surface area contributed by atoms with E-state index in [9.17, 15) is 9.18 Å². The molecule has 0 fully saturated rings. The molecule has 2 aromatic heterocycles. The van der Waals surface area contributed by atoms with Gasteiger partial charge in [-0.25, -0.2) is 9.07 Å². The van der Waals surface area contributed by atoms with Gasteiger partial charge in [-0.2, -0.15) is 5.10 Å². The first-order valence-electron chi connectivity index (χ1n) is 9.24. The number of carbonyl (C=O) groups is 1. The summed E-state index contributed by atoms with van der Waals surface area (Å²) >= 11 is 2.84. The number of aryl methyl sites for hydroxylation is 1. The number of carbonyl (C=O) groups excluding carboxylic acids is 1. The number of methoxy groups -OCH3 is 1. The summed E-state index contributed by atoms with van der Waals surface area (Å²) in [6.07, 6.45) is 1.56. The van der Waals surface area contributed by atoms with Gasteiger partial charge in [0.25, 0.3) is 5.91 Å². The second-order valence-electron chi connectivity index (χ2n) is 6.57. The number of anilines is 1. The lowest BCUT2D eigenvalue weighted by molar-refractivity contribution is 0.101. The van der Waals surface area contributed by atoms with Crippen LogP contribution in [0.1, 0.15) is 21.6 Å². The van der Waals surface area contributed by atoms with Crippen molar-refractivity contribution >= 4 is 34.1 Å². The summed E-state index contributed by atoms with van der Waals surface area (Å²) in [4.78, 5) is 12.7. The molecule has 0 atom stereocenters. The lowest BCUT2D eigenvalue weighted by atomic mass is 10.2. The zero-order chi connectivity index (χ0) is 21.8. The number of benzene rings is 2. The molecule has 10 heteroatoms. The van der Waals surface area contributed by atoms with Gasteiger partial charge in [-0.15, -0.1) is 10.2 Å². The van der Waals surface area contributed by atoms with Gasteiger partial charge in [-0.1, -0.05) is 52.9 Å². The first-order chi connectivity index (χ1) is 15.0. The number of halogens is 1. The van der Waals surface area contributed by atoms with Crippen LogP contribution in [0.5, 0.6) is 5.75 Å². The summed E-state index contributed by atoms with van der Waals surface area (Å²) < 4.78 is 20.6. The van der Waals surface area contributed by atoms with E-state index in [4.69, 9.17) is 4.74 Å². The quantitative estimate of drug-likeness (QED) is 0.321. The van der Waals surface area contributed by atoms with Crippen molar-refractivity contribution in [3.05, 3.63) is 77.4 Å². The van der Waals surface area contributed by atoms with Crippen molar-refractivity contribution in [2.24, 2.45) is 0 Å². The maximum Gasteiger partial charge on any atom is 0.281 e. The zero-order valence-electron chi connectivity index (χ0n) is 16.7. The SMILES string of the molecule is COc1cn(-c2ccc(F)cc2)nc1C(=O)Nc1nnc(SCc2ccc(C)cc2)s1. The van der Waals surface area contributed by atoms with Crippen LogP contribution in [0.25, 0.3) is 5.69 Å². The van der Waals surface area contributed by atoms with Gasteiger partial charge in [-0.05, 0) is 36.8 Å². The third-order valence-electron chi connectivity index (χ3n) is 4.32. The van der Waals surface area contributed by atoms with E-state index in [1.165, 1.54) is 46.4 Å². The van der Waals surface area contributed by atoms with Crippen LogP contribution in [0, 0.1) is 12.7 Å². The lowest BCUT2D eigenvalue weighted by Crippen LogP contribution is -2.14. The highest BCUT2D eigenvalue weighted by atomic mass is 32.2. The number of nitrogens with one attached hydrogen (secondary N) is 1. The summed E-state index contributed by atoms with van der Waals surface area (Å²) in [6.45, 7) is 2.05. The number of nitrogens with zero attached hydrogens (tertiary/aromatic N) is 4. The molecule has 0 aliphatic carbocycles. The van der Waals surface area contributed by atoms with Gasteiger partial charge in [0, 0.05) is 5.75 Å². The Bertz CT molecular complexity index is 1190. The van der Waals surface area contributed by atoms with Crippen molar-refractivity contribution in [2.75, 3.05) is 12.4 Å². The normalized spacial score (nSPS) is 10.8. The molecule has 0 aliphatic rings. The van der Waals surface area contributed by atoms with Crippen molar-refractivity contribution in [3.63, 3.8) is 0 Å². The largest absolute Gasteiger partial charge is 0.493 e. The molecular weight excluding hydrogens is 437 g/mol. The monoisotopic (exact) mass is 455 g/mol. The van der Waals surface area contributed by atoms with Crippen LogP contribution < -0.4 is 10.1 Å². The number of aromatic nitrogens is 4. The van der Waals surface area contributed by atoms with E-state index in [0.29, 0.717) is 16.6 Å². The van der Waals surface area contributed by atoms with Crippen molar-refractivity contribution in [3.8, 4) is 11.4 Å². The van der Waals surface area contributed by atoms with Crippen LogP contribution >= 0.6 is 23.1 Å². The van der Waals surface area contributed by atoms with Crippen molar-refractivity contribution in [1.29, 1.82) is 0 Å². The van der Waals surface area contributed by atoms with E-state index in [0.717, 1.165) is 10.1 Å². The van der Waals surface area contributed by atoms with E-state index in [1.807, 2.05) is 6.92 Å². The van der Waals surface area contributed by atoms with Gasteiger partial charge in [0.05, 0.1) is 19.0 Å². The van der Waals surface area contributed by atoms with E-state index >= 15 is 0 Å². The van der Waals surface area contributed by atoms with Crippen LogP contribution in [-0.4, -0.2) is 33.0 Å². The maximum atomic E-state index is 13.2. The van der Waals surface area contributed by atoms with Gasteiger partial charge in [0.2, 0.25) is 5.13 Å². The number of rotatable bonds is 7. The Hall–Kier alpha value is -3.24. The van der Waals surface area contributed by atoms with Gasteiger partial charge >= 0.3 is 0 Å². The third kappa shape index (κ3) is 5.09. The highest BCUT2D eigenvalue weighted by molar-refractivity contribution is 8.00. The van der Waals surface area contributed by atoms with Crippen molar-refractivity contribution < 1.29 is 13.9 Å². The zero-order valence-corrected chi connectivity index (χ0v) is 18.3. The first-order valence-corrected chi connectivity index (χ1v) is 11.0. The molecule has 0 bridgehead atoms. The van der Waals surface area contributed by atoms with Gasteiger partial charge in [0.15, 0.2) is 15.8 Å². The molecule has 0 spiro atoms. The Labute approximate surface area is 186 Å². The summed E-state index contributed by atoms with van der Waals surface area (Å²) in [5, 5.41) is 15.5. The highest BCUT2D eigenvalue weighted by Gasteiger charge is 2.20. The fourth-order valence-corrected chi connectivity index (χ4v) is 4.40. The smallest absolute Gasteiger partial charge is 0.281 e. The van der Waals surface area contributed by atoms with Crippen LogP contribution in [-0.2, 0) is 5.75 Å². The minimum absolute atomic E-state index is 0.0934. The molecule has 0 radical (unpaired) electrons.